The number of ether oxygens (including phenoxy) is 1. The standard InChI is InChI=1S/C20H30N2O5/c1-12-7-3-6-10-16(12)21-17(23)11-27-20(26)13(2)22-18(24)14-8-4-5-9-15(14)19(22)25/h12-16H,3-11H2,1-2H3,(H,21,23)/t12-,13-,14-,15+,16+/m0/s1. The molecule has 3 rings (SSSR count). The molecule has 3 aliphatic rings. The highest BCUT2D eigenvalue weighted by Crippen LogP contribution is 2.38. The molecule has 7 heteroatoms. The molecular weight excluding hydrogens is 348 g/mol. The maximum absolute atomic E-state index is 12.6. The third-order valence-electron chi connectivity index (χ3n) is 6.41. The van der Waals surface area contributed by atoms with Crippen molar-refractivity contribution in [2.75, 3.05) is 6.61 Å². The predicted molar refractivity (Wildman–Crippen MR) is 97.3 cm³/mol. The molecule has 3 amide bonds. The zero-order valence-corrected chi connectivity index (χ0v) is 16.2. The zero-order valence-electron chi connectivity index (χ0n) is 16.2. The number of amides is 3. The number of hydrogen-bond acceptors (Lipinski definition) is 5. The molecule has 0 radical (unpaired) electrons. The van der Waals surface area contributed by atoms with Gasteiger partial charge in [0.2, 0.25) is 11.8 Å². The van der Waals surface area contributed by atoms with Gasteiger partial charge in [-0.05, 0) is 38.5 Å². The molecule has 150 valence electrons. The van der Waals surface area contributed by atoms with Gasteiger partial charge in [-0.2, -0.15) is 0 Å². The fourth-order valence-electron chi connectivity index (χ4n) is 4.71. The molecule has 3 fully saturated rings. The smallest absolute Gasteiger partial charge is 0.329 e. The lowest BCUT2D eigenvalue weighted by Crippen LogP contribution is -2.46. The van der Waals surface area contributed by atoms with E-state index < -0.39 is 12.0 Å². The van der Waals surface area contributed by atoms with Crippen LogP contribution in [0, 0.1) is 17.8 Å². The van der Waals surface area contributed by atoms with E-state index in [-0.39, 0.29) is 42.2 Å². The molecule has 1 aliphatic heterocycles. The first-order valence-electron chi connectivity index (χ1n) is 10.2. The number of nitrogens with one attached hydrogen (secondary N) is 1. The second-order valence-electron chi connectivity index (χ2n) is 8.26. The van der Waals surface area contributed by atoms with Crippen molar-refractivity contribution < 1.29 is 23.9 Å². The molecule has 5 atom stereocenters. The van der Waals surface area contributed by atoms with E-state index in [0.717, 1.165) is 37.0 Å². The van der Waals surface area contributed by atoms with Crippen LogP contribution in [0.15, 0.2) is 0 Å². The summed E-state index contributed by atoms with van der Waals surface area (Å²) >= 11 is 0. The van der Waals surface area contributed by atoms with E-state index >= 15 is 0 Å². The van der Waals surface area contributed by atoms with E-state index in [1.54, 1.807) is 0 Å². The van der Waals surface area contributed by atoms with E-state index in [2.05, 4.69) is 12.2 Å². The monoisotopic (exact) mass is 378 g/mol. The predicted octanol–water partition coefficient (Wildman–Crippen LogP) is 1.79. The summed E-state index contributed by atoms with van der Waals surface area (Å²) in [6.45, 7) is 3.23. The van der Waals surface area contributed by atoms with Crippen molar-refractivity contribution in [1.82, 2.24) is 10.2 Å². The molecule has 0 spiro atoms. The van der Waals surface area contributed by atoms with Crippen LogP contribution in [0.1, 0.15) is 65.2 Å². The van der Waals surface area contributed by atoms with Crippen molar-refractivity contribution in [2.45, 2.75) is 77.3 Å². The molecular formula is C20H30N2O5. The first-order valence-corrected chi connectivity index (χ1v) is 10.2. The van der Waals surface area contributed by atoms with Gasteiger partial charge >= 0.3 is 5.97 Å². The summed E-state index contributed by atoms with van der Waals surface area (Å²) < 4.78 is 5.11. The lowest BCUT2D eigenvalue weighted by Gasteiger charge is -2.29. The summed E-state index contributed by atoms with van der Waals surface area (Å²) in [4.78, 5) is 50.6. The van der Waals surface area contributed by atoms with Gasteiger partial charge in [-0.1, -0.05) is 32.6 Å². The van der Waals surface area contributed by atoms with Gasteiger partial charge in [-0.15, -0.1) is 0 Å². The normalized spacial score (nSPS) is 32.0. The number of fused-ring (bicyclic) bond motifs is 1. The first kappa shape index (κ1) is 19.8. The lowest BCUT2D eigenvalue weighted by atomic mass is 9.81. The van der Waals surface area contributed by atoms with Crippen molar-refractivity contribution in [1.29, 1.82) is 0 Å². The first-order chi connectivity index (χ1) is 12.9. The highest BCUT2D eigenvalue weighted by molar-refractivity contribution is 6.07. The number of rotatable bonds is 5. The van der Waals surface area contributed by atoms with Crippen molar-refractivity contribution in [3.05, 3.63) is 0 Å². The van der Waals surface area contributed by atoms with Gasteiger partial charge in [0.1, 0.15) is 6.04 Å². The number of imide groups is 1. The molecule has 7 nitrogen and oxygen atoms in total. The van der Waals surface area contributed by atoms with E-state index in [1.165, 1.54) is 13.3 Å². The van der Waals surface area contributed by atoms with Gasteiger partial charge in [0.25, 0.3) is 5.91 Å². The molecule has 2 saturated carbocycles. The second-order valence-corrected chi connectivity index (χ2v) is 8.26. The SMILES string of the molecule is C[C@H]1CCCC[C@H]1NC(=O)COC(=O)[C@H](C)N1C(=O)[C@H]2CCCC[C@H]2C1=O. The van der Waals surface area contributed by atoms with Crippen molar-refractivity contribution in [3.63, 3.8) is 0 Å². The molecule has 0 aromatic carbocycles. The Hall–Kier alpha value is -1.92. The third kappa shape index (κ3) is 4.17. The fourth-order valence-corrected chi connectivity index (χ4v) is 4.71. The number of carbonyl (C=O) groups excluding carboxylic acids is 4. The van der Waals surface area contributed by atoms with Crippen LogP contribution in [0.5, 0.6) is 0 Å². The van der Waals surface area contributed by atoms with Crippen LogP contribution in [-0.4, -0.2) is 47.3 Å². The van der Waals surface area contributed by atoms with Crippen LogP contribution in [0.25, 0.3) is 0 Å². The topological polar surface area (TPSA) is 92.8 Å². The molecule has 0 unspecified atom stereocenters. The van der Waals surface area contributed by atoms with Crippen LogP contribution in [0.4, 0.5) is 0 Å². The minimum atomic E-state index is -0.989. The summed E-state index contributed by atoms with van der Waals surface area (Å²) in [6, 6.07) is -0.871. The molecule has 0 bridgehead atoms. The molecule has 27 heavy (non-hydrogen) atoms. The van der Waals surface area contributed by atoms with Crippen LogP contribution in [-0.2, 0) is 23.9 Å². The van der Waals surface area contributed by atoms with Gasteiger partial charge in [-0.3, -0.25) is 19.3 Å². The Labute approximate surface area is 160 Å². The molecule has 0 aromatic rings. The maximum Gasteiger partial charge on any atom is 0.329 e. The second kappa shape index (κ2) is 8.40. The van der Waals surface area contributed by atoms with E-state index in [9.17, 15) is 19.2 Å². The van der Waals surface area contributed by atoms with Gasteiger partial charge in [-0.25, -0.2) is 4.79 Å². The Morgan fingerprint density at radius 3 is 2.19 bits per heavy atom. The van der Waals surface area contributed by atoms with Crippen LogP contribution >= 0.6 is 0 Å². The van der Waals surface area contributed by atoms with Crippen molar-refractivity contribution >= 4 is 23.7 Å². The largest absolute Gasteiger partial charge is 0.454 e. The average molecular weight is 378 g/mol. The maximum atomic E-state index is 12.6. The van der Waals surface area contributed by atoms with Crippen LogP contribution in [0.3, 0.4) is 0 Å². The summed E-state index contributed by atoms with van der Waals surface area (Å²) in [6.07, 6.45) is 7.58. The highest BCUT2D eigenvalue weighted by Gasteiger charge is 2.51. The van der Waals surface area contributed by atoms with E-state index in [1.807, 2.05) is 0 Å². The molecule has 0 aromatic heterocycles. The summed E-state index contributed by atoms with van der Waals surface area (Å²) in [5.74, 6) is -1.75. The summed E-state index contributed by atoms with van der Waals surface area (Å²) in [5, 5.41) is 2.93. The zero-order chi connectivity index (χ0) is 19.6. The number of likely N-dealkylation sites (tertiary alicyclic amines) is 1. The molecule has 2 aliphatic carbocycles. The summed E-state index contributed by atoms with van der Waals surface area (Å²) in [7, 11) is 0. The minimum absolute atomic E-state index is 0.118. The quantitative estimate of drug-likeness (QED) is 0.582. The van der Waals surface area contributed by atoms with Gasteiger partial charge in [0.05, 0.1) is 11.8 Å². The minimum Gasteiger partial charge on any atom is -0.454 e. The van der Waals surface area contributed by atoms with Crippen molar-refractivity contribution in [2.24, 2.45) is 17.8 Å². The molecule has 1 N–H and O–H groups in total. The van der Waals surface area contributed by atoms with E-state index in [4.69, 9.17) is 4.74 Å². The average Bonchev–Trinajstić information content (AvgIpc) is 2.92. The Balaban J connectivity index is 1.51. The Morgan fingerprint density at radius 1 is 1.04 bits per heavy atom. The highest BCUT2D eigenvalue weighted by atomic mass is 16.5. The van der Waals surface area contributed by atoms with E-state index in [0.29, 0.717) is 18.8 Å². The van der Waals surface area contributed by atoms with Gasteiger partial charge < -0.3 is 10.1 Å². The fraction of sp³-hybridized carbons (Fsp3) is 0.800. The third-order valence-corrected chi connectivity index (χ3v) is 6.41. The Bertz CT molecular complexity index is 595. The number of hydrogen-bond donors (Lipinski definition) is 1. The van der Waals surface area contributed by atoms with Gasteiger partial charge in [0, 0.05) is 6.04 Å². The van der Waals surface area contributed by atoms with Crippen molar-refractivity contribution in [3.8, 4) is 0 Å². The number of esters is 1. The number of carbonyl (C=O) groups is 4. The molecule has 1 heterocycles. The molecule has 1 saturated heterocycles. The van der Waals surface area contributed by atoms with Crippen LogP contribution < -0.4 is 5.32 Å². The van der Waals surface area contributed by atoms with Crippen LogP contribution in [0.2, 0.25) is 0 Å². The Kier molecular flexibility index (Phi) is 6.17. The lowest BCUT2D eigenvalue weighted by molar-refractivity contribution is -0.159. The van der Waals surface area contributed by atoms with Gasteiger partial charge in [0.15, 0.2) is 6.61 Å². The number of nitrogens with zero attached hydrogens (tertiary/aromatic N) is 1. The summed E-state index contributed by atoms with van der Waals surface area (Å²) in [5.41, 5.74) is 0. The Morgan fingerprint density at radius 2 is 1.59 bits per heavy atom.